The van der Waals surface area contributed by atoms with Gasteiger partial charge in [-0.25, -0.2) is 4.79 Å². The third-order valence-electron chi connectivity index (χ3n) is 4.01. The highest BCUT2D eigenvalue weighted by molar-refractivity contribution is 7.98. The van der Waals surface area contributed by atoms with Gasteiger partial charge in [0, 0.05) is 17.6 Å². The monoisotopic (exact) mass is 384 g/mol. The Morgan fingerprint density at radius 1 is 1.07 bits per heavy atom. The number of carbonyl (C=O) groups is 4. The molecular weight excluding hydrogens is 368 g/mol. The van der Waals surface area contributed by atoms with Gasteiger partial charge >= 0.3 is 5.97 Å². The molecular formula is C19H16N2O5S. The predicted octanol–water partition coefficient (Wildman–Crippen LogP) is 2.43. The highest BCUT2D eigenvalue weighted by atomic mass is 32.2. The minimum atomic E-state index is -0.749. The van der Waals surface area contributed by atoms with E-state index >= 15 is 0 Å². The van der Waals surface area contributed by atoms with Gasteiger partial charge in [0.25, 0.3) is 17.7 Å². The number of nitrogens with zero attached hydrogens (tertiary/aromatic N) is 1. The smallest absolute Gasteiger partial charge is 0.338 e. The van der Waals surface area contributed by atoms with Gasteiger partial charge in [-0.1, -0.05) is 6.07 Å². The first-order valence-corrected chi connectivity index (χ1v) is 9.20. The minimum absolute atomic E-state index is 0.0994. The normalized spacial score (nSPS) is 12.7. The molecule has 0 bridgehead atoms. The zero-order valence-corrected chi connectivity index (χ0v) is 15.5. The first kappa shape index (κ1) is 18.7. The van der Waals surface area contributed by atoms with E-state index < -0.39 is 30.3 Å². The van der Waals surface area contributed by atoms with Crippen LogP contribution in [-0.4, -0.2) is 48.5 Å². The third-order valence-corrected chi connectivity index (χ3v) is 4.74. The van der Waals surface area contributed by atoms with Crippen molar-refractivity contribution in [1.82, 2.24) is 4.90 Å². The lowest BCUT2D eigenvalue weighted by molar-refractivity contribution is -0.119. The molecule has 0 aromatic heterocycles. The lowest BCUT2D eigenvalue weighted by atomic mass is 10.1. The largest absolute Gasteiger partial charge is 0.452 e. The Balaban J connectivity index is 1.62. The fourth-order valence-corrected chi connectivity index (χ4v) is 3.06. The number of benzene rings is 2. The van der Waals surface area contributed by atoms with Gasteiger partial charge in [-0.05, 0) is 42.7 Å². The second kappa shape index (κ2) is 7.63. The van der Waals surface area contributed by atoms with E-state index in [4.69, 9.17) is 4.74 Å². The summed E-state index contributed by atoms with van der Waals surface area (Å²) >= 11 is 1.54. The summed E-state index contributed by atoms with van der Waals surface area (Å²) in [5, 5.41) is 2.65. The molecule has 0 saturated heterocycles. The van der Waals surface area contributed by atoms with Crippen LogP contribution in [-0.2, 0) is 9.53 Å². The second-order valence-corrected chi connectivity index (χ2v) is 6.67. The highest BCUT2D eigenvalue weighted by Crippen LogP contribution is 2.23. The summed E-state index contributed by atoms with van der Waals surface area (Å²) in [6.07, 6.45) is 1.93. The van der Waals surface area contributed by atoms with Crippen molar-refractivity contribution >= 4 is 41.1 Å². The highest BCUT2D eigenvalue weighted by Gasteiger charge is 2.33. The van der Waals surface area contributed by atoms with E-state index in [1.807, 2.05) is 24.5 Å². The van der Waals surface area contributed by atoms with Crippen LogP contribution in [0.3, 0.4) is 0 Å². The Kier molecular flexibility index (Phi) is 5.27. The van der Waals surface area contributed by atoms with Crippen LogP contribution in [0, 0.1) is 0 Å². The number of thioether (sulfide) groups is 1. The number of anilines is 1. The van der Waals surface area contributed by atoms with Crippen LogP contribution in [0.1, 0.15) is 31.1 Å². The van der Waals surface area contributed by atoms with Crippen molar-refractivity contribution in [1.29, 1.82) is 0 Å². The molecule has 8 heteroatoms. The number of nitrogens with one attached hydrogen (secondary N) is 1. The number of imide groups is 1. The number of ether oxygens (including phenoxy) is 1. The molecule has 1 N–H and O–H groups in total. The third kappa shape index (κ3) is 3.85. The Morgan fingerprint density at radius 3 is 2.56 bits per heavy atom. The molecule has 0 spiro atoms. The zero-order valence-electron chi connectivity index (χ0n) is 14.6. The molecule has 0 saturated carbocycles. The molecule has 3 rings (SSSR count). The van der Waals surface area contributed by atoms with Crippen molar-refractivity contribution in [3.05, 3.63) is 59.2 Å². The average Bonchev–Trinajstić information content (AvgIpc) is 2.90. The van der Waals surface area contributed by atoms with E-state index in [-0.39, 0.29) is 16.7 Å². The maximum atomic E-state index is 12.2. The molecule has 0 radical (unpaired) electrons. The standard InChI is InChI=1S/C19H16N2O5S/c1-21-17(23)14-7-6-11(8-15(14)18(21)24)19(25)26-10-16(22)20-12-4-3-5-13(9-12)27-2/h3-9H,10H2,1-2H3,(H,20,22). The summed E-state index contributed by atoms with van der Waals surface area (Å²) in [5.74, 6) is -2.12. The molecule has 2 aromatic rings. The molecule has 1 aliphatic rings. The average molecular weight is 384 g/mol. The van der Waals surface area contributed by atoms with Gasteiger partial charge in [0.2, 0.25) is 0 Å². The lowest BCUT2D eigenvalue weighted by Gasteiger charge is -2.08. The first-order chi connectivity index (χ1) is 12.9. The number of hydrogen-bond acceptors (Lipinski definition) is 6. The molecule has 1 aliphatic heterocycles. The van der Waals surface area contributed by atoms with Crippen molar-refractivity contribution in [3.8, 4) is 0 Å². The molecule has 1 heterocycles. The summed E-state index contributed by atoms with van der Waals surface area (Å²) < 4.78 is 5.00. The Hall–Kier alpha value is -3.13. The molecule has 27 heavy (non-hydrogen) atoms. The van der Waals surface area contributed by atoms with Crippen LogP contribution in [0.25, 0.3) is 0 Å². The summed E-state index contributed by atoms with van der Waals surface area (Å²) in [6, 6.07) is 11.4. The van der Waals surface area contributed by atoms with Crippen molar-refractivity contribution in [2.24, 2.45) is 0 Å². The van der Waals surface area contributed by atoms with Crippen molar-refractivity contribution in [2.45, 2.75) is 4.90 Å². The van der Waals surface area contributed by atoms with Crippen LogP contribution in [0.2, 0.25) is 0 Å². The fraction of sp³-hybridized carbons (Fsp3) is 0.158. The van der Waals surface area contributed by atoms with Gasteiger partial charge in [-0.15, -0.1) is 11.8 Å². The van der Waals surface area contributed by atoms with Crippen molar-refractivity contribution < 1.29 is 23.9 Å². The van der Waals surface area contributed by atoms with Crippen LogP contribution in [0.4, 0.5) is 5.69 Å². The summed E-state index contributed by atoms with van der Waals surface area (Å²) in [4.78, 5) is 50.0. The Morgan fingerprint density at radius 2 is 1.81 bits per heavy atom. The number of esters is 1. The molecule has 7 nitrogen and oxygen atoms in total. The van der Waals surface area contributed by atoms with Gasteiger partial charge in [0.05, 0.1) is 16.7 Å². The van der Waals surface area contributed by atoms with Gasteiger partial charge in [-0.2, -0.15) is 0 Å². The molecule has 0 aliphatic carbocycles. The predicted molar refractivity (Wildman–Crippen MR) is 100 cm³/mol. The number of amides is 3. The second-order valence-electron chi connectivity index (χ2n) is 5.79. The summed E-state index contributed by atoms with van der Waals surface area (Å²) in [6.45, 7) is -0.466. The number of fused-ring (bicyclic) bond motifs is 1. The Bertz CT molecular complexity index is 957. The molecule has 3 amide bonds. The quantitative estimate of drug-likeness (QED) is 0.484. The lowest BCUT2D eigenvalue weighted by Crippen LogP contribution is -2.24. The maximum absolute atomic E-state index is 12.2. The van der Waals surface area contributed by atoms with Gasteiger partial charge < -0.3 is 10.1 Å². The summed E-state index contributed by atoms with van der Waals surface area (Å²) in [5.41, 5.74) is 1.09. The molecule has 0 fully saturated rings. The fourth-order valence-electron chi connectivity index (χ4n) is 2.60. The van der Waals surface area contributed by atoms with Crippen LogP contribution < -0.4 is 5.32 Å². The van der Waals surface area contributed by atoms with Gasteiger partial charge in [0.15, 0.2) is 6.61 Å². The minimum Gasteiger partial charge on any atom is -0.452 e. The van der Waals surface area contributed by atoms with Crippen LogP contribution >= 0.6 is 11.8 Å². The number of hydrogen-bond donors (Lipinski definition) is 1. The maximum Gasteiger partial charge on any atom is 0.338 e. The van der Waals surface area contributed by atoms with E-state index in [0.717, 1.165) is 9.80 Å². The van der Waals surface area contributed by atoms with E-state index in [1.165, 1.54) is 25.2 Å². The SMILES string of the molecule is CSc1cccc(NC(=O)COC(=O)c2ccc3c(c2)C(=O)N(C)C3=O)c1. The van der Waals surface area contributed by atoms with Gasteiger partial charge in [-0.3, -0.25) is 19.3 Å². The van der Waals surface area contributed by atoms with E-state index in [9.17, 15) is 19.2 Å². The molecule has 2 aromatic carbocycles. The topological polar surface area (TPSA) is 92.8 Å². The molecule has 0 unspecified atom stereocenters. The molecule has 138 valence electrons. The Labute approximate surface area is 159 Å². The van der Waals surface area contributed by atoms with E-state index in [0.29, 0.717) is 5.69 Å². The van der Waals surface area contributed by atoms with Crippen molar-refractivity contribution in [2.75, 3.05) is 25.2 Å². The van der Waals surface area contributed by atoms with Crippen molar-refractivity contribution in [3.63, 3.8) is 0 Å². The first-order valence-electron chi connectivity index (χ1n) is 7.98. The zero-order chi connectivity index (χ0) is 19.6. The number of rotatable bonds is 5. The summed E-state index contributed by atoms with van der Waals surface area (Å²) in [7, 11) is 1.37. The van der Waals surface area contributed by atoms with E-state index in [2.05, 4.69) is 5.32 Å². The number of carbonyl (C=O) groups excluding carboxylic acids is 4. The van der Waals surface area contributed by atoms with Crippen LogP contribution in [0.15, 0.2) is 47.4 Å². The van der Waals surface area contributed by atoms with E-state index in [1.54, 1.807) is 17.8 Å². The van der Waals surface area contributed by atoms with Gasteiger partial charge in [0.1, 0.15) is 0 Å². The van der Waals surface area contributed by atoms with Crippen LogP contribution in [0.5, 0.6) is 0 Å². The molecule has 0 atom stereocenters.